The molecule has 2 bridgehead atoms. The predicted octanol–water partition coefficient (Wildman–Crippen LogP) is -0.724. The minimum Gasteiger partial charge on any atom is -0.393 e. The van der Waals surface area contributed by atoms with E-state index in [0.29, 0.717) is 6.42 Å². The molecular weight excluding hydrogens is 170 g/mol. The summed E-state index contributed by atoms with van der Waals surface area (Å²) in [6.07, 6.45) is 1.20. The van der Waals surface area contributed by atoms with Crippen molar-refractivity contribution in [3.63, 3.8) is 0 Å². The average molecular weight is 181 g/mol. The molecule has 0 aromatic rings. The highest BCUT2D eigenvalue weighted by Crippen LogP contribution is 2.54. The number of nitrogens with one attached hydrogen (secondary N) is 1. The van der Waals surface area contributed by atoms with Crippen LogP contribution in [-0.2, 0) is 9.59 Å². The van der Waals surface area contributed by atoms with Gasteiger partial charge in [-0.05, 0) is 24.7 Å². The van der Waals surface area contributed by atoms with Crippen molar-refractivity contribution < 1.29 is 14.7 Å². The Kier molecular flexibility index (Phi) is 1.22. The van der Waals surface area contributed by atoms with E-state index < -0.39 is 0 Å². The first kappa shape index (κ1) is 7.50. The Labute approximate surface area is 75.3 Å². The van der Waals surface area contributed by atoms with Crippen molar-refractivity contribution in [3.05, 3.63) is 0 Å². The molecule has 4 heteroatoms. The number of carbonyl (C=O) groups excluding carboxylic acids is 2. The molecule has 3 rings (SSSR count). The molecule has 2 N–H and O–H groups in total. The summed E-state index contributed by atoms with van der Waals surface area (Å²) in [5.74, 6) is -0.337. The zero-order valence-corrected chi connectivity index (χ0v) is 7.06. The van der Waals surface area contributed by atoms with E-state index in [1.165, 1.54) is 0 Å². The lowest BCUT2D eigenvalue weighted by Gasteiger charge is -2.24. The molecule has 0 aromatic carbocycles. The Hall–Kier alpha value is -0.900. The van der Waals surface area contributed by atoms with Crippen molar-refractivity contribution in [1.82, 2.24) is 5.32 Å². The van der Waals surface area contributed by atoms with Crippen LogP contribution in [0.4, 0.5) is 0 Å². The van der Waals surface area contributed by atoms with E-state index in [0.717, 1.165) is 6.42 Å². The molecule has 1 aliphatic heterocycles. The maximum atomic E-state index is 11.4. The lowest BCUT2D eigenvalue weighted by molar-refractivity contribution is -0.127. The molecule has 70 valence electrons. The zero-order valence-electron chi connectivity index (χ0n) is 7.06. The molecule has 1 saturated heterocycles. The number of amides is 2. The summed E-state index contributed by atoms with van der Waals surface area (Å²) in [6, 6.07) is 0. The second kappa shape index (κ2) is 2.12. The summed E-state index contributed by atoms with van der Waals surface area (Å²) in [6.45, 7) is 0. The van der Waals surface area contributed by atoms with E-state index >= 15 is 0 Å². The maximum absolute atomic E-state index is 11.4. The van der Waals surface area contributed by atoms with Crippen LogP contribution in [0.5, 0.6) is 0 Å². The first-order valence-corrected chi connectivity index (χ1v) is 4.71. The first-order valence-electron chi connectivity index (χ1n) is 4.71. The van der Waals surface area contributed by atoms with E-state index in [1.54, 1.807) is 0 Å². The Balaban J connectivity index is 2.00. The standard InChI is InChI=1S/C9H11NO3/c11-5-2-3-1-4(5)7-6(3)8(12)10-9(7)13/h3-7,11H,1-2H2,(H,10,12,13)/t3-,4-,5-,6+,7-/m0/s1. The molecule has 3 aliphatic rings. The molecule has 2 aliphatic carbocycles. The van der Waals surface area contributed by atoms with Gasteiger partial charge in [-0.2, -0.15) is 0 Å². The Bertz CT molecular complexity index is 301. The molecule has 5 atom stereocenters. The van der Waals surface area contributed by atoms with Gasteiger partial charge in [0.15, 0.2) is 0 Å². The molecule has 0 aromatic heterocycles. The Morgan fingerprint density at radius 1 is 1.15 bits per heavy atom. The van der Waals surface area contributed by atoms with Crippen molar-refractivity contribution >= 4 is 11.8 Å². The van der Waals surface area contributed by atoms with Crippen molar-refractivity contribution in [2.45, 2.75) is 18.9 Å². The van der Waals surface area contributed by atoms with Gasteiger partial charge in [0.25, 0.3) is 0 Å². The highest BCUT2D eigenvalue weighted by Gasteiger charge is 2.60. The summed E-state index contributed by atoms with van der Waals surface area (Å²) in [7, 11) is 0. The number of hydrogen-bond acceptors (Lipinski definition) is 3. The van der Waals surface area contributed by atoms with Crippen LogP contribution in [0, 0.1) is 23.7 Å². The Morgan fingerprint density at radius 3 is 2.62 bits per heavy atom. The van der Waals surface area contributed by atoms with Crippen molar-refractivity contribution in [2.75, 3.05) is 0 Å². The molecule has 2 saturated carbocycles. The molecule has 2 amide bonds. The van der Waals surface area contributed by atoms with E-state index in [-0.39, 0.29) is 41.6 Å². The molecule has 1 heterocycles. The number of aliphatic hydroxyl groups excluding tert-OH is 1. The van der Waals surface area contributed by atoms with Crippen LogP contribution >= 0.6 is 0 Å². The normalized spacial score (nSPS) is 52.5. The third-order valence-corrected chi connectivity index (χ3v) is 3.82. The molecule has 0 spiro atoms. The van der Waals surface area contributed by atoms with Gasteiger partial charge in [-0.3, -0.25) is 14.9 Å². The van der Waals surface area contributed by atoms with E-state index in [9.17, 15) is 14.7 Å². The molecular formula is C9H11NO3. The van der Waals surface area contributed by atoms with E-state index in [4.69, 9.17) is 0 Å². The smallest absolute Gasteiger partial charge is 0.230 e. The lowest BCUT2D eigenvalue weighted by atomic mass is 9.80. The summed E-state index contributed by atoms with van der Waals surface area (Å²) in [5.41, 5.74) is 0. The van der Waals surface area contributed by atoms with Crippen LogP contribution in [0.3, 0.4) is 0 Å². The van der Waals surface area contributed by atoms with Gasteiger partial charge in [0, 0.05) is 0 Å². The summed E-state index contributed by atoms with van der Waals surface area (Å²) >= 11 is 0. The largest absolute Gasteiger partial charge is 0.393 e. The lowest BCUT2D eigenvalue weighted by Crippen LogP contribution is -2.33. The quantitative estimate of drug-likeness (QED) is 0.484. The topological polar surface area (TPSA) is 66.4 Å². The highest BCUT2D eigenvalue weighted by atomic mass is 16.3. The number of rotatable bonds is 0. The van der Waals surface area contributed by atoms with Crippen LogP contribution in [0.2, 0.25) is 0 Å². The fraction of sp³-hybridized carbons (Fsp3) is 0.778. The van der Waals surface area contributed by atoms with Crippen LogP contribution in [0.25, 0.3) is 0 Å². The number of hydrogen-bond donors (Lipinski definition) is 2. The van der Waals surface area contributed by atoms with Gasteiger partial charge in [-0.1, -0.05) is 0 Å². The zero-order chi connectivity index (χ0) is 9.16. The van der Waals surface area contributed by atoms with E-state index in [1.807, 2.05) is 0 Å². The fourth-order valence-electron chi connectivity index (χ4n) is 3.35. The molecule has 3 fully saturated rings. The van der Waals surface area contributed by atoms with Crippen LogP contribution < -0.4 is 5.32 Å². The van der Waals surface area contributed by atoms with Crippen LogP contribution in [0.15, 0.2) is 0 Å². The van der Waals surface area contributed by atoms with Gasteiger partial charge >= 0.3 is 0 Å². The number of aliphatic hydroxyl groups is 1. The molecule has 4 nitrogen and oxygen atoms in total. The molecule has 0 unspecified atom stereocenters. The van der Waals surface area contributed by atoms with Crippen molar-refractivity contribution in [1.29, 1.82) is 0 Å². The summed E-state index contributed by atoms with van der Waals surface area (Å²) < 4.78 is 0. The Morgan fingerprint density at radius 2 is 1.85 bits per heavy atom. The minimum atomic E-state index is -0.358. The minimum absolute atomic E-state index is 0.0430. The van der Waals surface area contributed by atoms with Crippen LogP contribution in [-0.4, -0.2) is 23.0 Å². The third-order valence-electron chi connectivity index (χ3n) is 3.82. The predicted molar refractivity (Wildman–Crippen MR) is 42.4 cm³/mol. The number of fused-ring (bicyclic) bond motifs is 5. The van der Waals surface area contributed by atoms with Gasteiger partial charge in [0.05, 0.1) is 17.9 Å². The van der Waals surface area contributed by atoms with Gasteiger partial charge in [-0.25, -0.2) is 0 Å². The SMILES string of the molecule is O=C1NC(=O)[C@H]2[C@H]3C[C@@H](C[C@@H]3O)[C@@H]12. The van der Waals surface area contributed by atoms with E-state index in [2.05, 4.69) is 5.32 Å². The number of imide groups is 1. The van der Waals surface area contributed by atoms with Crippen molar-refractivity contribution in [3.8, 4) is 0 Å². The van der Waals surface area contributed by atoms with Gasteiger partial charge in [-0.15, -0.1) is 0 Å². The molecule has 0 radical (unpaired) electrons. The third kappa shape index (κ3) is 0.746. The monoisotopic (exact) mass is 181 g/mol. The maximum Gasteiger partial charge on any atom is 0.230 e. The second-order valence-corrected chi connectivity index (χ2v) is 4.37. The first-order chi connectivity index (χ1) is 6.18. The average Bonchev–Trinajstić information content (AvgIpc) is 2.64. The van der Waals surface area contributed by atoms with Gasteiger partial charge < -0.3 is 5.11 Å². The van der Waals surface area contributed by atoms with Crippen molar-refractivity contribution in [2.24, 2.45) is 23.7 Å². The summed E-state index contributed by atoms with van der Waals surface area (Å²) in [4.78, 5) is 22.7. The van der Waals surface area contributed by atoms with Gasteiger partial charge in [0.2, 0.25) is 11.8 Å². The number of carbonyl (C=O) groups is 2. The summed E-state index contributed by atoms with van der Waals surface area (Å²) in [5, 5.41) is 11.9. The van der Waals surface area contributed by atoms with Crippen LogP contribution in [0.1, 0.15) is 12.8 Å². The second-order valence-electron chi connectivity index (χ2n) is 4.37. The fourth-order valence-corrected chi connectivity index (χ4v) is 3.35. The van der Waals surface area contributed by atoms with Gasteiger partial charge in [0.1, 0.15) is 0 Å². The molecule has 13 heavy (non-hydrogen) atoms. The highest BCUT2D eigenvalue weighted by molar-refractivity contribution is 6.06.